The van der Waals surface area contributed by atoms with Crippen molar-refractivity contribution in [3.63, 3.8) is 0 Å². The Kier molecular flexibility index (Phi) is 5.31. The number of aromatic amines is 1. The number of ether oxygens (including phenoxy) is 3. The van der Waals surface area contributed by atoms with Crippen LogP contribution in [-0.2, 0) is 0 Å². The highest BCUT2D eigenvalue weighted by Crippen LogP contribution is 2.38. The molecule has 2 aromatic carbocycles. The van der Waals surface area contributed by atoms with Gasteiger partial charge in [0.05, 0.1) is 17.8 Å². The molecule has 0 radical (unpaired) electrons. The fraction of sp³-hybridized carbons (Fsp3) is 0.211. The lowest BCUT2D eigenvalue weighted by atomic mass is 10.2. The van der Waals surface area contributed by atoms with Crippen LogP contribution in [0.1, 0.15) is 12.5 Å². The van der Waals surface area contributed by atoms with Gasteiger partial charge in [-0.25, -0.2) is 5.10 Å². The topological polar surface area (TPSA) is 73.7 Å². The molecule has 1 N–H and O–H groups in total. The zero-order valence-electron chi connectivity index (χ0n) is 15.0. The fourth-order valence-corrected chi connectivity index (χ4v) is 3.24. The van der Waals surface area contributed by atoms with Gasteiger partial charge in [-0.15, -0.1) is 0 Å². The number of hydrogen-bond acceptors (Lipinski definition) is 6. The summed E-state index contributed by atoms with van der Waals surface area (Å²) in [5, 5.41) is 12.0. The summed E-state index contributed by atoms with van der Waals surface area (Å²) < 4.78 is 18.5. The molecule has 1 aliphatic heterocycles. The lowest BCUT2D eigenvalue weighted by Gasteiger charge is -2.19. The Balaban J connectivity index is 1.65. The normalized spacial score (nSPS) is 13.1. The summed E-state index contributed by atoms with van der Waals surface area (Å²) in [6.07, 6.45) is 1.65. The molecule has 9 heteroatoms. The first-order valence-corrected chi connectivity index (χ1v) is 9.48. The first kappa shape index (κ1) is 18.5. The zero-order valence-corrected chi connectivity index (χ0v) is 16.6. The number of halogens is 1. The van der Waals surface area contributed by atoms with Gasteiger partial charge in [0.25, 0.3) is 0 Å². The molecule has 0 saturated carbocycles. The molecular weight excluding hydrogens is 400 g/mol. The van der Waals surface area contributed by atoms with E-state index in [0.717, 1.165) is 16.9 Å². The summed E-state index contributed by atoms with van der Waals surface area (Å²) in [5.41, 5.74) is 1.61. The Morgan fingerprint density at radius 1 is 1.29 bits per heavy atom. The molecule has 28 heavy (non-hydrogen) atoms. The van der Waals surface area contributed by atoms with Gasteiger partial charge in [0.2, 0.25) is 4.77 Å². The van der Waals surface area contributed by atoms with Crippen LogP contribution in [-0.4, -0.2) is 40.9 Å². The van der Waals surface area contributed by atoms with E-state index in [0.29, 0.717) is 46.9 Å². The van der Waals surface area contributed by atoms with Gasteiger partial charge in [-0.2, -0.15) is 14.9 Å². The Bertz CT molecular complexity index is 1080. The molecular formula is C19H17ClN4O3S. The van der Waals surface area contributed by atoms with Gasteiger partial charge in [-0.05, 0) is 61.1 Å². The lowest BCUT2D eigenvalue weighted by molar-refractivity contribution is 0.171. The maximum absolute atomic E-state index is 6.28. The molecule has 3 aromatic rings. The zero-order chi connectivity index (χ0) is 19.5. The van der Waals surface area contributed by atoms with E-state index < -0.39 is 0 Å². The summed E-state index contributed by atoms with van der Waals surface area (Å²) in [5.74, 6) is 2.54. The third kappa shape index (κ3) is 3.74. The van der Waals surface area contributed by atoms with Crippen molar-refractivity contribution in [3.8, 4) is 28.6 Å². The summed E-state index contributed by atoms with van der Waals surface area (Å²) in [7, 11) is 0. The Hall–Kier alpha value is -2.84. The molecule has 2 heterocycles. The summed E-state index contributed by atoms with van der Waals surface area (Å²) >= 11 is 11.6. The van der Waals surface area contributed by atoms with Gasteiger partial charge in [0.15, 0.2) is 17.3 Å². The summed E-state index contributed by atoms with van der Waals surface area (Å²) in [6, 6.07) is 11.2. The van der Waals surface area contributed by atoms with Crippen molar-refractivity contribution in [3.05, 3.63) is 51.8 Å². The molecule has 0 saturated heterocycles. The Morgan fingerprint density at radius 2 is 2.07 bits per heavy atom. The maximum atomic E-state index is 6.28. The number of fused-ring (bicyclic) bond motifs is 1. The third-order valence-electron chi connectivity index (χ3n) is 4.02. The highest BCUT2D eigenvalue weighted by Gasteiger charge is 2.16. The van der Waals surface area contributed by atoms with Crippen molar-refractivity contribution in [1.82, 2.24) is 14.9 Å². The first-order chi connectivity index (χ1) is 13.7. The van der Waals surface area contributed by atoms with E-state index in [1.165, 1.54) is 0 Å². The second-order valence-electron chi connectivity index (χ2n) is 5.89. The smallest absolute Gasteiger partial charge is 0.216 e. The summed E-state index contributed by atoms with van der Waals surface area (Å²) in [4.78, 5) is 0. The van der Waals surface area contributed by atoms with Crippen LogP contribution in [0, 0.1) is 4.77 Å². The summed E-state index contributed by atoms with van der Waals surface area (Å²) in [6.45, 7) is 3.52. The molecule has 1 aromatic heterocycles. The fourth-order valence-electron chi connectivity index (χ4n) is 2.78. The van der Waals surface area contributed by atoms with Gasteiger partial charge in [0, 0.05) is 5.56 Å². The van der Waals surface area contributed by atoms with Gasteiger partial charge < -0.3 is 14.2 Å². The van der Waals surface area contributed by atoms with E-state index >= 15 is 0 Å². The van der Waals surface area contributed by atoms with Gasteiger partial charge in [0.1, 0.15) is 19.0 Å². The van der Waals surface area contributed by atoms with Crippen LogP contribution >= 0.6 is 23.8 Å². The van der Waals surface area contributed by atoms with Crippen LogP contribution in [0.2, 0.25) is 5.02 Å². The molecule has 144 valence electrons. The Labute approximate surface area is 171 Å². The van der Waals surface area contributed by atoms with Gasteiger partial charge in [-0.1, -0.05) is 11.6 Å². The third-order valence-corrected chi connectivity index (χ3v) is 4.56. The quantitative estimate of drug-likeness (QED) is 0.495. The highest BCUT2D eigenvalue weighted by atomic mass is 35.5. The van der Waals surface area contributed by atoms with Crippen LogP contribution in [0.15, 0.2) is 41.5 Å². The van der Waals surface area contributed by atoms with E-state index in [2.05, 4.69) is 15.3 Å². The van der Waals surface area contributed by atoms with E-state index in [1.807, 2.05) is 37.3 Å². The number of rotatable bonds is 5. The van der Waals surface area contributed by atoms with Crippen molar-refractivity contribution < 1.29 is 14.2 Å². The number of aromatic nitrogens is 3. The molecule has 0 aliphatic carbocycles. The number of benzene rings is 2. The molecule has 0 fully saturated rings. The van der Waals surface area contributed by atoms with Crippen LogP contribution < -0.4 is 14.2 Å². The minimum Gasteiger partial charge on any atom is -0.494 e. The number of H-pyrrole nitrogens is 1. The molecule has 0 spiro atoms. The highest BCUT2D eigenvalue weighted by molar-refractivity contribution is 7.71. The van der Waals surface area contributed by atoms with Crippen molar-refractivity contribution in [2.24, 2.45) is 5.10 Å². The Morgan fingerprint density at radius 3 is 2.86 bits per heavy atom. The van der Waals surface area contributed by atoms with E-state index in [9.17, 15) is 0 Å². The second-order valence-corrected chi connectivity index (χ2v) is 6.69. The average molecular weight is 417 g/mol. The average Bonchev–Trinajstić information content (AvgIpc) is 3.08. The molecule has 7 nitrogen and oxygen atoms in total. The molecule has 0 bridgehead atoms. The van der Waals surface area contributed by atoms with Crippen molar-refractivity contribution in [1.29, 1.82) is 0 Å². The van der Waals surface area contributed by atoms with Gasteiger partial charge in [-0.3, -0.25) is 0 Å². The maximum Gasteiger partial charge on any atom is 0.216 e. The number of nitrogens with one attached hydrogen (secondary N) is 1. The molecule has 0 unspecified atom stereocenters. The minimum absolute atomic E-state index is 0.378. The predicted molar refractivity (Wildman–Crippen MR) is 109 cm³/mol. The number of hydrogen-bond donors (Lipinski definition) is 1. The van der Waals surface area contributed by atoms with Crippen LogP contribution in [0.5, 0.6) is 17.2 Å². The molecule has 0 atom stereocenters. The van der Waals surface area contributed by atoms with E-state index in [1.54, 1.807) is 17.0 Å². The van der Waals surface area contributed by atoms with Crippen LogP contribution in [0.3, 0.4) is 0 Å². The lowest BCUT2D eigenvalue weighted by Crippen LogP contribution is -2.15. The largest absolute Gasteiger partial charge is 0.494 e. The molecule has 4 rings (SSSR count). The minimum atomic E-state index is 0.378. The monoisotopic (exact) mass is 416 g/mol. The SMILES string of the molecule is CCOc1ccc(-c2n[nH]c(=S)n2/N=C\c2cc(Cl)c3c(c2)OCCO3)cc1. The van der Waals surface area contributed by atoms with Crippen molar-refractivity contribution in [2.45, 2.75) is 6.92 Å². The van der Waals surface area contributed by atoms with Crippen LogP contribution in [0.4, 0.5) is 0 Å². The second kappa shape index (κ2) is 8.04. The standard InChI is InChI=1S/C19H17ClN4O3S/c1-2-25-14-5-3-13(4-6-14)18-22-23-19(28)24(18)21-11-12-9-15(20)17-16(10-12)26-7-8-27-17/h3-6,9-11H,2,7-8H2,1H3,(H,23,28)/b21-11-. The van der Waals surface area contributed by atoms with Crippen molar-refractivity contribution >= 4 is 30.0 Å². The first-order valence-electron chi connectivity index (χ1n) is 8.70. The predicted octanol–water partition coefficient (Wildman–Crippen LogP) is 4.31. The van der Waals surface area contributed by atoms with Crippen molar-refractivity contribution in [2.75, 3.05) is 19.8 Å². The molecule has 1 aliphatic rings. The van der Waals surface area contributed by atoms with E-state index in [4.69, 9.17) is 38.0 Å². The number of nitrogens with zero attached hydrogens (tertiary/aromatic N) is 3. The van der Waals surface area contributed by atoms with Crippen LogP contribution in [0.25, 0.3) is 11.4 Å². The molecule has 0 amide bonds. The van der Waals surface area contributed by atoms with E-state index in [-0.39, 0.29) is 0 Å². The van der Waals surface area contributed by atoms with Gasteiger partial charge >= 0.3 is 0 Å².